The van der Waals surface area contributed by atoms with E-state index in [2.05, 4.69) is 39.2 Å². The number of aryl methyl sites for hydroxylation is 1. The number of hydrogen-bond donors (Lipinski definition) is 1. The first-order valence-electron chi connectivity index (χ1n) is 12.9. The fraction of sp³-hybridized carbons (Fsp3) is 0.552. The Labute approximate surface area is 223 Å². The van der Waals surface area contributed by atoms with Crippen molar-refractivity contribution >= 4 is 20.2 Å². The van der Waals surface area contributed by atoms with E-state index in [-0.39, 0.29) is 23.8 Å². The number of Topliss-reactive ketones (excluding diaryl/α,β-unsaturated/α-hetero) is 1. The number of carbonyl (C=O) groups is 2. The molecule has 204 valence electrons. The molecule has 1 aromatic carbocycles. The molecular formula is C29H44N2O5Si. The van der Waals surface area contributed by atoms with Crippen molar-refractivity contribution in [3.8, 4) is 0 Å². The number of pyridine rings is 1. The number of nitrogens with one attached hydrogen (secondary N) is 1. The van der Waals surface area contributed by atoms with Gasteiger partial charge in [0.25, 0.3) is 0 Å². The van der Waals surface area contributed by atoms with Crippen LogP contribution in [0.15, 0.2) is 48.5 Å². The molecule has 7 nitrogen and oxygen atoms in total. The van der Waals surface area contributed by atoms with Crippen LogP contribution in [-0.2, 0) is 38.3 Å². The fourth-order valence-electron chi connectivity index (χ4n) is 3.18. The Kier molecular flexibility index (Phi) is 11.0. The zero-order chi connectivity index (χ0) is 27.7. The summed E-state index contributed by atoms with van der Waals surface area (Å²) in [6.45, 7) is 17.3. The van der Waals surface area contributed by atoms with Gasteiger partial charge in [-0.15, -0.1) is 0 Å². The van der Waals surface area contributed by atoms with Crippen molar-refractivity contribution in [3.63, 3.8) is 0 Å². The van der Waals surface area contributed by atoms with Crippen LogP contribution in [0.2, 0.25) is 18.1 Å². The van der Waals surface area contributed by atoms with Crippen LogP contribution >= 0.6 is 0 Å². The molecule has 2 rings (SSSR count). The Morgan fingerprint density at radius 2 is 1.57 bits per heavy atom. The molecule has 1 atom stereocenters. The van der Waals surface area contributed by atoms with Gasteiger partial charge in [-0.05, 0) is 63.0 Å². The number of amides is 1. The standard InChI is InChI=1S/C29H44N2O5Si/c1-28(2,3)36-27(33)31-25(21-34-19-22-13-10-9-11-14-22)26(32)18-17-23-15-12-16-24(30-23)20-35-37(7,8)29(4,5)6/h9-16,25H,17-21H2,1-8H3,(H,31,33). The molecule has 2 aromatic rings. The van der Waals surface area contributed by atoms with Crippen molar-refractivity contribution in [2.45, 2.75) is 97.4 Å². The summed E-state index contributed by atoms with van der Waals surface area (Å²) < 4.78 is 17.4. The second-order valence-corrected chi connectivity index (χ2v) is 16.6. The summed E-state index contributed by atoms with van der Waals surface area (Å²) in [5, 5.41) is 2.81. The van der Waals surface area contributed by atoms with Crippen molar-refractivity contribution < 1.29 is 23.5 Å². The number of carbonyl (C=O) groups excluding carboxylic acids is 2. The first-order valence-corrected chi connectivity index (χ1v) is 15.8. The molecule has 1 N–H and O–H groups in total. The average molecular weight is 529 g/mol. The molecule has 1 amide bonds. The van der Waals surface area contributed by atoms with Gasteiger partial charge in [-0.3, -0.25) is 9.78 Å². The number of benzene rings is 1. The maximum absolute atomic E-state index is 13.1. The van der Waals surface area contributed by atoms with E-state index in [0.717, 1.165) is 17.0 Å². The molecule has 37 heavy (non-hydrogen) atoms. The first-order chi connectivity index (χ1) is 17.2. The van der Waals surface area contributed by atoms with Gasteiger partial charge in [-0.25, -0.2) is 4.79 Å². The van der Waals surface area contributed by atoms with E-state index in [1.54, 1.807) is 20.8 Å². The third-order valence-electron chi connectivity index (χ3n) is 6.35. The maximum atomic E-state index is 13.1. The van der Waals surface area contributed by atoms with Crippen LogP contribution in [0.4, 0.5) is 4.79 Å². The minimum atomic E-state index is -1.89. The highest BCUT2D eigenvalue weighted by Gasteiger charge is 2.37. The van der Waals surface area contributed by atoms with Crippen LogP contribution in [-0.4, -0.2) is 43.4 Å². The number of ether oxygens (including phenoxy) is 2. The van der Waals surface area contributed by atoms with Crippen LogP contribution in [0, 0.1) is 0 Å². The van der Waals surface area contributed by atoms with Crippen LogP contribution < -0.4 is 5.32 Å². The first kappa shape index (κ1) is 30.7. The fourth-order valence-corrected chi connectivity index (χ4v) is 4.12. The molecule has 0 spiro atoms. The lowest BCUT2D eigenvalue weighted by Crippen LogP contribution is -2.46. The summed E-state index contributed by atoms with van der Waals surface area (Å²) in [7, 11) is -1.89. The summed E-state index contributed by atoms with van der Waals surface area (Å²) in [5.74, 6) is -0.136. The summed E-state index contributed by atoms with van der Waals surface area (Å²) in [6, 6.07) is 14.7. The number of rotatable bonds is 12. The van der Waals surface area contributed by atoms with E-state index < -0.39 is 26.1 Å². The lowest BCUT2D eigenvalue weighted by Gasteiger charge is -2.36. The third kappa shape index (κ3) is 11.2. The van der Waals surface area contributed by atoms with Gasteiger partial charge in [0.05, 0.1) is 25.5 Å². The van der Waals surface area contributed by atoms with Gasteiger partial charge in [-0.2, -0.15) is 0 Å². The van der Waals surface area contributed by atoms with Gasteiger partial charge in [0.15, 0.2) is 14.1 Å². The molecule has 0 saturated carbocycles. The van der Waals surface area contributed by atoms with Crippen molar-refractivity contribution in [1.82, 2.24) is 10.3 Å². The van der Waals surface area contributed by atoms with E-state index >= 15 is 0 Å². The van der Waals surface area contributed by atoms with Crippen molar-refractivity contribution in [2.75, 3.05) is 6.61 Å². The Bertz CT molecular complexity index is 1010. The number of ketones is 1. The highest BCUT2D eigenvalue weighted by molar-refractivity contribution is 6.74. The topological polar surface area (TPSA) is 86.8 Å². The Balaban J connectivity index is 1.99. The van der Waals surface area contributed by atoms with E-state index in [4.69, 9.17) is 18.9 Å². The highest BCUT2D eigenvalue weighted by Crippen LogP contribution is 2.36. The molecule has 1 aromatic heterocycles. The molecule has 0 bridgehead atoms. The van der Waals surface area contributed by atoms with E-state index in [1.165, 1.54) is 0 Å². The average Bonchev–Trinajstić information content (AvgIpc) is 2.80. The van der Waals surface area contributed by atoms with Gasteiger partial charge >= 0.3 is 6.09 Å². The Morgan fingerprint density at radius 1 is 0.919 bits per heavy atom. The maximum Gasteiger partial charge on any atom is 0.408 e. The molecular weight excluding hydrogens is 484 g/mol. The van der Waals surface area contributed by atoms with E-state index in [0.29, 0.717) is 19.6 Å². The lowest BCUT2D eigenvalue weighted by atomic mass is 10.1. The molecule has 0 aliphatic rings. The van der Waals surface area contributed by atoms with Crippen LogP contribution in [0.3, 0.4) is 0 Å². The van der Waals surface area contributed by atoms with E-state index in [1.807, 2.05) is 48.5 Å². The van der Waals surface area contributed by atoms with Gasteiger partial charge < -0.3 is 19.2 Å². The van der Waals surface area contributed by atoms with Crippen LogP contribution in [0.1, 0.15) is 64.9 Å². The predicted octanol–water partition coefficient (Wildman–Crippen LogP) is 6.22. The largest absolute Gasteiger partial charge is 0.444 e. The molecule has 1 unspecified atom stereocenters. The second-order valence-electron chi connectivity index (χ2n) is 11.8. The number of alkyl carbamates (subject to hydrolysis) is 1. The monoisotopic (exact) mass is 528 g/mol. The lowest BCUT2D eigenvalue weighted by molar-refractivity contribution is -0.122. The minimum absolute atomic E-state index is 0.0563. The Morgan fingerprint density at radius 3 is 2.19 bits per heavy atom. The smallest absolute Gasteiger partial charge is 0.408 e. The SMILES string of the molecule is CC(C)(C)OC(=O)NC(COCc1ccccc1)C(=O)CCc1cccc(CO[Si](C)(C)C(C)(C)C)n1. The molecule has 0 aliphatic heterocycles. The second kappa shape index (κ2) is 13.3. The minimum Gasteiger partial charge on any atom is -0.444 e. The molecule has 1 heterocycles. The molecule has 0 radical (unpaired) electrons. The van der Waals surface area contributed by atoms with Gasteiger partial charge in [-0.1, -0.05) is 57.2 Å². The summed E-state index contributed by atoms with van der Waals surface area (Å²) in [5.41, 5.74) is 1.99. The van der Waals surface area contributed by atoms with Gasteiger partial charge in [0.1, 0.15) is 11.6 Å². The van der Waals surface area contributed by atoms with Crippen LogP contribution in [0.25, 0.3) is 0 Å². The molecule has 0 aliphatic carbocycles. The Hall–Kier alpha value is -2.55. The summed E-state index contributed by atoms with van der Waals surface area (Å²) >= 11 is 0. The predicted molar refractivity (Wildman–Crippen MR) is 149 cm³/mol. The molecule has 0 fully saturated rings. The van der Waals surface area contributed by atoms with Crippen molar-refractivity contribution in [1.29, 1.82) is 0 Å². The zero-order valence-corrected chi connectivity index (χ0v) is 24.7. The molecule has 8 heteroatoms. The van der Waals surface area contributed by atoms with Crippen molar-refractivity contribution in [2.24, 2.45) is 0 Å². The molecule has 0 saturated heterocycles. The van der Waals surface area contributed by atoms with E-state index in [9.17, 15) is 9.59 Å². The normalized spacial score (nSPS) is 13.2. The number of nitrogens with zero attached hydrogens (tertiary/aromatic N) is 1. The summed E-state index contributed by atoms with van der Waals surface area (Å²) in [6.07, 6.45) is 0.0317. The summed E-state index contributed by atoms with van der Waals surface area (Å²) in [4.78, 5) is 30.2. The quantitative estimate of drug-likeness (QED) is 0.329. The third-order valence-corrected chi connectivity index (χ3v) is 10.8. The number of aromatic nitrogens is 1. The van der Waals surface area contributed by atoms with Gasteiger partial charge in [0.2, 0.25) is 0 Å². The number of hydrogen-bond acceptors (Lipinski definition) is 6. The van der Waals surface area contributed by atoms with Gasteiger partial charge in [0, 0.05) is 12.1 Å². The highest BCUT2D eigenvalue weighted by atomic mass is 28.4. The van der Waals surface area contributed by atoms with Crippen molar-refractivity contribution in [3.05, 3.63) is 65.5 Å². The van der Waals surface area contributed by atoms with Crippen LogP contribution in [0.5, 0.6) is 0 Å². The zero-order valence-electron chi connectivity index (χ0n) is 23.7.